The fraction of sp³-hybridized carbons (Fsp3) is 0.667. The molecule has 1 rings (SSSR count). The number of hydrogen-bond acceptors (Lipinski definition) is 2. The van der Waals surface area contributed by atoms with Gasteiger partial charge in [0.2, 0.25) is 0 Å². The number of nitrogens with one attached hydrogen (secondary N) is 1. The Hall–Kier alpha value is -0.210. The fourth-order valence-corrected chi connectivity index (χ4v) is 1.10. The van der Waals surface area contributed by atoms with E-state index in [-0.39, 0.29) is 0 Å². The second kappa shape index (κ2) is 2.20. The van der Waals surface area contributed by atoms with E-state index in [1.807, 2.05) is 19.0 Å². The van der Waals surface area contributed by atoms with E-state index in [4.69, 9.17) is 11.6 Å². The van der Waals surface area contributed by atoms with Crippen LogP contribution in [0.15, 0.2) is 10.7 Å². The molecule has 1 aliphatic rings. The molecule has 0 saturated heterocycles. The van der Waals surface area contributed by atoms with Crippen molar-refractivity contribution in [2.24, 2.45) is 0 Å². The van der Waals surface area contributed by atoms with Crippen molar-refractivity contribution in [1.82, 2.24) is 10.4 Å². The molecule has 0 spiro atoms. The molecule has 2 nitrogen and oxygen atoms in total. The standard InChI is InChI=1S/C6H11ClN2/c1-4-5(2)8-9(3)6(4)7/h5,8H,1-3H3. The lowest BCUT2D eigenvalue weighted by Crippen LogP contribution is -2.31. The summed E-state index contributed by atoms with van der Waals surface area (Å²) >= 11 is 5.85. The highest BCUT2D eigenvalue weighted by Gasteiger charge is 2.19. The molecule has 0 aromatic carbocycles. The van der Waals surface area contributed by atoms with E-state index < -0.39 is 0 Å². The van der Waals surface area contributed by atoms with Gasteiger partial charge in [-0.3, -0.25) is 0 Å². The van der Waals surface area contributed by atoms with Crippen LogP contribution in [0, 0.1) is 0 Å². The summed E-state index contributed by atoms with van der Waals surface area (Å²) in [5.74, 6) is 0. The van der Waals surface area contributed by atoms with Crippen LogP contribution in [0.3, 0.4) is 0 Å². The maximum absolute atomic E-state index is 5.85. The second-order valence-corrected chi connectivity index (χ2v) is 2.74. The third-order valence-corrected chi connectivity index (χ3v) is 2.21. The van der Waals surface area contributed by atoms with Crippen LogP contribution in [-0.2, 0) is 0 Å². The highest BCUT2D eigenvalue weighted by atomic mass is 35.5. The van der Waals surface area contributed by atoms with Crippen molar-refractivity contribution in [3.05, 3.63) is 10.7 Å². The van der Waals surface area contributed by atoms with E-state index in [2.05, 4.69) is 12.3 Å². The van der Waals surface area contributed by atoms with Crippen LogP contribution in [0.5, 0.6) is 0 Å². The predicted octanol–water partition coefficient (Wildman–Crippen LogP) is 1.30. The lowest BCUT2D eigenvalue weighted by molar-refractivity contribution is 0.330. The molecule has 1 aliphatic heterocycles. The maximum Gasteiger partial charge on any atom is 0.119 e. The van der Waals surface area contributed by atoms with Gasteiger partial charge in [0.1, 0.15) is 5.16 Å². The monoisotopic (exact) mass is 146 g/mol. The van der Waals surface area contributed by atoms with E-state index in [9.17, 15) is 0 Å². The molecule has 9 heavy (non-hydrogen) atoms. The summed E-state index contributed by atoms with van der Waals surface area (Å²) < 4.78 is 0. The lowest BCUT2D eigenvalue weighted by atomic mass is 10.2. The SMILES string of the molecule is CC1=C(Cl)N(C)NC1C. The van der Waals surface area contributed by atoms with E-state index in [0.717, 1.165) is 5.16 Å². The number of hydrogen-bond donors (Lipinski definition) is 1. The highest BCUT2D eigenvalue weighted by Crippen LogP contribution is 2.20. The normalized spacial score (nSPS) is 28.0. The van der Waals surface area contributed by atoms with E-state index in [1.54, 1.807) is 0 Å². The zero-order valence-corrected chi connectivity index (χ0v) is 6.66. The van der Waals surface area contributed by atoms with Gasteiger partial charge < -0.3 is 5.01 Å². The van der Waals surface area contributed by atoms with Crippen LogP contribution in [0.1, 0.15) is 13.8 Å². The Morgan fingerprint density at radius 2 is 2.22 bits per heavy atom. The van der Waals surface area contributed by atoms with Gasteiger partial charge in [-0.1, -0.05) is 11.6 Å². The topological polar surface area (TPSA) is 15.3 Å². The van der Waals surface area contributed by atoms with Gasteiger partial charge in [-0.05, 0) is 19.4 Å². The minimum atomic E-state index is 0.391. The van der Waals surface area contributed by atoms with Crippen molar-refractivity contribution >= 4 is 11.6 Å². The van der Waals surface area contributed by atoms with Gasteiger partial charge in [0.15, 0.2) is 0 Å². The summed E-state index contributed by atoms with van der Waals surface area (Å²) in [5, 5.41) is 2.66. The average Bonchev–Trinajstić information content (AvgIpc) is 1.98. The van der Waals surface area contributed by atoms with Gasteiger partial charge in [-0.25, -0.2) is 5.43 Å². The molecule has 0 aliphatic carbocycles. The molecule has 3 heteroatoms. The smallest absolute Gasteiger partial charge is 0.119 e. The first-order valence-corrected chi connectivity index (χ1v) is 3.37. The summed E-state index contributed by atoms with van der Waals surface area (Å²) in [6.45, 7) is 4.12. The highest BCUT2D eigenvalue weighted by molar-refractivity contribution is 6.29. The third kappa shape index (κ3) is 1.05. The van der Waals surface area contributed by atoms with Crippen molar-refractivity contribution in [2.75, 3.05) is 7.05 Å². The van der Waals surface area contributed by atoms with Crippen molar-refractivity contribution in [3.63, 3.8) is 0 Å². The molecule has 1 unspecified atom stereocenters. The largest absolute Gasteiger partial charge is 0.301 e. The maximum atomic E-state index is 5.85. The number of halogens is 1. The first kappa shape index (κ1) is 6.90. The molecule has 0 bridgehead atoms. The minimum absolute atomic E-state index is 0.391. The lowest BCUT2D eigenvalue weighted by Gasteiger charge is -2.12. The molecule has 1 heterocycles. The zero-order chi connectivity index (χ0) is 7.02. The molecule has 0 amide bonds. The molecule has 1 atom stereocenters. The summed E-state index contributed by atoms with van der Waals surface area (Å²) in [4.78, 5) is 0. The fourth-order valence-electron chi connectivity index (χ4n) is 0.887. The third-order valence-electron chi connectivity index (χ3n) is 1.66. The van der Waals surface area contributed by atoms with Crippen LogP contribution in [0.25, 0.3) is 0 Å². The molecule has 0 fully saturated rings. The summed E-state index contributed by atoms with van der Waals surface area (Å²) in [7, 11) is 1.91. The number of hydrazine groups is 1. The second-order valence-electron chi connectivity index (χ2n) is 2.38. The Kier molecular flexibility index (Phi) is 1.68. The molecule has 1 N–H and O–H groups in total. The van der Waals surface area contributed by atoms with Crippen molar-refractivity contribution < 1.29 is 0 Å². The van der Waals surface area contributed by atoms with Crippen molar-refractivity contribution in [2.45, 2.75) is 19.9 Å². The minimum Gasteiger partial charge on any atom is -0.301 e. The van der Waals surface area contributed by atoms with Crippen LogP contribution in [0.2, 0.25) is 0 Å². The van der Waals surface area contributed by atoms with E-state index in [0.29, 0.717) is 6.04 Å². The molecule has 52 valence electrons. The van der Waals surface area contributed by atoms with Crippen LogP contribution >= 0.6 is 11.6 Å². The Bertz CT molecular complexity index is 137. The summed E-state index contributed by atoms with van der Waals surface area (Å²) in [6.07, 6.45) is 0. The van der Waals surface area contributed by atoms with Gasteiger partial charge in [0.05, 0.1) is 0 Å². The Balaban J connectivity index is 2.79. The van der Waals surface area contributed by atoms with Gasteiger partial charge in [0.25, 0.3) is 0 Å². The summed E-state index contributed by atoms with van der Waals surface area (Å²) in [5.41, 5.74) is 4.35. The number of rotatable bonds is 0. The van der Waals surface area contributed by atoms with Crippen molar-refractivity contribution in [1.29, 1.82) is 0 Å². The molecular weight excluding hydrogens is 136 g/mol. The van der Waals surface area contributed by atoms with Crippen LogP contribution < -0.4 is 5.43 Å². The van der Waals surface area contributed by atoms with Crippen molar-refractivity contribution in [3.8, 4) is 0 Å². The van der Waals surface area contributed by atoms with Gasteiger partial charge >= 0.3 is 0 Å². The van der Waals surface area contributed by atoms with E-state index in [1.165, 1.54) is 5.57 Å². The van der Waals surface area contributed by atoms with E-state index >= 15 is 0 Å². The first-order chi connectivity index (χ1) is 4.13. The molecule has 0 aromatic rings. The number of nitrogens with zero attached hydrogens (tertiary/aromatic N) is 1. The quantitative estimate of drug-likeness (QED) is 0.519. The molecular formula is C6H11ClN2. The van der Waals surface area contributed by atoms with Gasteiger partial charge in [-0.2, -0.15) is 0 Å². The van der Waals surface area contributed by atoms with Crippen LogP contribution in [-0.4, -0.2) is 18.1 Å². The Morgan fingerprint density at radius 1 is 1.67 bits per heavy atom. The Labute approximate surface area is 60.5 Å². The average molecular weight is 147 g/mol. The summed E-state index contributed by atoms with van der Waals surface area (Å²) in [6, 6.07) is 0.391. The first-order valence-electron chi connectivity index (χ1n) is 2.99. The molecule has 0 saturated carbocycles. The van der Waals surface area contributed by atoms with Crippen LogP contribution in [0.4, 0.5) is 0 Å². The Morgan fingerprint density at radius 3 is 2.33 bits per heavy atom. The molecule has 0 radical (unpaired) electrons. The van der Waals surface area contributed by atoms with Gasteiger partial charge in [-0.15, -0.1) is 0 Å². The molecule has 0 aromatic heterocycles. The predicted molar refractivity (Wildman–Crippen MR) is 38.9 cm³/mol. The van der Waals surface area contributed by atoms with Gasteiger partial charge in [0, 0.05) is 13.1 Å². The zero-order valence-electron chi connectivity index (χ0n) is 5.90.